The molecular formula is C28H29ClN2O. The second-order valence-corrected chi connectivity index (χ2v) is 9.03. The van der Waals surface area contributed by atoms with Crippen LogP contribution in [-0.2, 0) is 0 Å². The molecule has 1 aliphatic heterocycles. The van der Waals surface area contributed by atoms with Crippen molar-refractivity contribution in [1.82, 2.24) is 9.88 Å². The smallest absolute Gasteiger partial charge is 0.119 e. The molecule has 1 fully saturated rings. The average Bonchev–Trinajstić information content (AvgIpc) is 2.83. The molecule has 3 nitrogen and oxygen atoms in total. The Labute approximate surface area is 196 Å². The number of rotatable bonds is 5. The van der Waals surface area contributed by atoms with Crippen molar-refractivity contribution >= 4 is 11.6 Å². The first-order valence-corrected chi connectivity index (χ1v) is 11.7. The number of hydrogen-bond donors (Lipinski definition) is 0. The highest BCUT2D eigenvalue weighted by molar-refractivity contribution is 6.30. The molecule has 1 aromatic heterocycles. The van der Waals surface area contributed by atoms with E-state index in [4.69, 9.17) is 16.3 Å². The van der Waals surface area contributed by atoms with E-state index in [2.05, 4.69) is 35.6 Å². The Balaban J connectivity index is 1.30. The van der Waals surface area contributed by atoms with Gasteiger partial charge in [0.1, 0.15) is 18.1 Å². The Morgan fingerprint density at radius 3 is 2.31 bits per heavy atom. The maximum atomic E-state index is 6.02. The van der Waals surface area contributed by atoms with Gasteiger partial charge in [-0.3, -0.25) is 4.90 Å². The molecule has 0 N–H and O–H groups in total. The maximum absolute atomic E-state index is 6.02. The lowest BCUT2D eigenvalue weighted by Gasteiger charge is -2.34. The number of hydrogen-bond acceptors (Lipinski definition) is 3. The zero-order chi connectivity index (χ0) is 22.3. The maximum Gasteiger partial charge on any atom is 0.119 e. The van der Waals surface area contributed by atoms with E-state index < -0.39 is 0 Å². The van der Waals surface area contributed by atoms with Crippen molar-refractivity contribution in [1.29, 1.82) is 0 Å². The van der Waals surface area contributed by atoms with Gasteiger partial charge in [0.2, 0.25) is 0 Å². The van der Waals surface area contributed by atoms with Gasteiger partial charge >= 0.3 is 0 Å². The number of benzene rings is 2. The summed E-state index contributed by atoms with van der Waals surface area (Å²) in [5, 5.41) is 0.729. The molecule has 4 rings (SSSR count). The molecule has 4 heteroatoms. The lowest BCUT2D eigenvalue weighted by atomic mass is 9.98. The predicted molar refractivity (Wildman–Crippen MR) is 132 cm³/mol. The van der Waals surface area contributed by atoms with E-state index in [1.807, 2.05) is 66.9 Å². The van der Waals surface area contributed by atoms with Gasteiger partial charge in [0.05, 0.1) is 0 Å². The molecule has 1 atom stereocenters. The fourth-order valence-electron chi connectivity index (χ4n) is 3.84. The zero-order valence-electron chi connectivity index (χ0n) is 18.7. The molecule has 3 aromatic rings. The van der Waals surface area contributed by atoms with Crippen LogP contribution in [0.4, 0.5) is 0 Å². The van der Waals surface area contributed by atoms with Gasteiger partial charge in [0, 0.05) is 28.4 Å². The van der Waals surface area contributed by atoms with E-state index in [1.54, 1.807) is 0 Å². The zero-order valence-corrected chi connectivity index (χ0v) is 19.5. The Bertz CT molecular complexity index is 1060. The minimum Gasteiger partial charge on any atom is -0.492 e. The first-order chi connectivity index (χ1) is 15.6. The number of likely N-dealkylation sites (tertiary alicyclic amines) is 1. The largest absolute Gasteiger partial charge is 0.492 e. The van der Waals surface area contributed by atoms with Gasteiger partial charge in [0.15, 0.2) is 0 Å². The first-order valence-electron chi connectivity index (χ1n) is 11.3. The van der Waals surface area contributed by atoms with Crippen molar-refractivity contribution in [3.05, 3.63) is 83.1 Å². The molecule has 0 unspecified atom stereocenters. The molecule has 164 valence electrons. The van der Waals surface area contributed by atoms with Gasteiger partial charge in [-0.05, 0) is 92.7 Å². The van der Waals surface area contributed by atoms with Crippen LogP contribution in [0.1, 0.15) is 37.9 Å². The third-order valence-corrected chi connectivity index (χ3v) is 6.32. The van der Waals surface area contributed by atoms with E-state index in [1.165, 1.54) is 25.9 Å². The molecule has 0 radical (unpaired) electrons. The van der Waals surface area contributed by atoms with Crippen LogP contribution in [0.3, 0.4) is 0 Å². The first kappa shape index (κ1) is 22.4. The van der Waals surface area contributed by atoms with Crippen LogP contribution in [0, 0.1) is 17.8 Å². The van der Waals surface area contributed by atoms with Crippen molar-refractivity contribution in [2.24, 2.45) is 5.92 Å². The number of piperidine rings is 1. The highest BCUT2D eigenvalue weighted by Crippen LogP contribution is 2.21. The lowest BCUT2D eigenvalue weighted by Crippen LogP contribution is -2.42. The molecule has 2 aromatic carbocycles. The Kier molecular flexibility index (Phi) is 7.47. The summed E-state index contributed by atoms with van der Waals surface area (Å²) in [6.07, 6.45) is 4.42. The van der Waals surface area contributed by atoms with Gasteiger partial charge in [-0.25, -0.2) is 4.98 Å². The highest BCUT2D eigenvalue weighted by atomic mass is 35.5. The van der Waals surface area contributed by atoms with Crippen LogP contribution in [0.25, 0.3) is 11.1 Å². The quantitative estimate of drug-likeness (QED) is 0.432. The minimum absolute atomic E-state index is 0.434. The molecule has 0 amide bonds. The van der Waals surface area contributed by atoms with Crippen LogP contribution in [0.15, 0.2) is 66.9 Å². The van der Waals surface area contributed by atoms with Crippen molar-refractivity contribution in [3.8, 4) is 28.7 Å². The third kappa shape index (κ3) is 6.13. The Morgan fingerprint density at radius 2 is 1.66 bits per heavy atom. The van der Waals surface area contributed by atoms with Crippen LogP contribution in [0.5, 0.6) is 5.75 Å². The van der Waals surface area contributed by atoms with Crippen molar-refractivity contribution in [2.45, 2.75) is 32.7 Å². The molecule has 1 saturated heterocycles. The van der Waals surface area contributed by atoms with E-state index in [0.717, 1.165) is 39.1 Å². The number of pyridine rings is 1. The molecule has 1 aliphatic rings. The van der Waals surface area contributed by atoms with Gasteiger partial charge in [-0.15, -0.1) is 0 Å². The Hall–Kier alpha value is -2.80. The van der Waals surface area contributed by atoms with Crippen LogP contribution < -0.4 is 4.74 Å². The van der Waals surface area contributed by atoms with Crippen LogP contribution >= 0.6 is 11.6 Å². The summed E-state index contributed by atoms with van der Waals surface area (Å²) in [5.74, 6) is 8.06. The van der Waals surface area contributed by atoms with Crippen molar-refractivity contribution in [2.75, 3.05) is 19.7 Å². The summed E-state index contributed by atoms with van der Waals surface area (Å²) in [5.41, 5.74) is 3.81. The second kappa shape index (κ2) is 10.7. The molecule has 0 aliphatic carbocycles. The SMILES string of the molecule is CC1CCN([C@@H](C)COc2ccc(C#Cc3ccc(-c4ccc(Cl)cc4)cn3)cc2)CC1. The third-order valence-electron chi connectivity index (χ3n) is 6.06. The molecule has 32 heavy (non-hydrogen) atoms. The summed E-state index contributed by atoms with van der Waals surface area (Å²) in [6.45, 7) is 7.66. The fourth-order valence-corrected chi connectivity index (χ4v) is 3.97. The van der Waals surface area contributed by atoms with E-state index >= 15 is 0 Å². The number of aromatic nitrogens is 1. The minimum atomic E-state index is 0.434. The van der Waals surface area contributed by atoms with Gasteiger partial charge in [-0.1, -0.05) is 42.6 Å². The molecule has 0 bridgehead atoms. The molecular weight excluding hydrogens is 416 g/mol. The summed E-state index contributed by atoms with van der Waals surface area (Å²) < 4.78 is 6.02. The lowest BCUT2D eigenvalue weighted by molar-refractivity contribution is 0.108. The summed E-state index contributed by atoms with van der Waals surface area (Å²) in [7, 11) is 0. The van der Waals surface area contributed by atoms with E-state index in [9.17, 15) is 0 Å². The second-order valence-electron chi connectivity index (χ2n) is 8.59. The van der Waals surface area contributed by atoms with Gasteiger partial charge < -0.3 is 4.74 Å². The fraction of sp³-hybridized carbons (Fsp3) is 0.321. The molecule has 2 heterocycles. The van der Waals surface area contributed by atoms with Gasteiger partial charge in [0.25, 0.3) is 0 Å². The van der Waals surface area contributed by atoms with Crippen molar-refractivity contribution < 1.29 is 4.74 Å². The van der Waals surface area contributed by atoms with Gasteiger partial charge in [-0.2, -0.15) is 0 Å². The number of nitrogens with zero attached hydrogens (tertiary/aromatic N) is 2. The topological polar surface area (TPSA) is 25.4 Å². The predicted octanol–water partition coefficient (Wildman–Crippen LogP) is 6.30. The normalized spacial score (nSPS) is 15.6. The summed E-state index contributed by atoms with van der Waals surface area (Å²) in [4.78, 5) is 7.00. The monoisotopic (exact) mass is 444 g/mol. The van der Waals surface area contributed by atoms with Crippen LogP contribution in [0.2, 0.25) is 5.02 Å². The number of ether oxygens (including phenoxy) is 1. The summed E-state index contributed by atoms with van der Waals surface area (Å²) >= 11 is 5.96. The van der Waals surface area contributed by atoms with Crippen molar-refractivity contribution in [3.63, 3.8) is 0 Å². The molecule has 0 spiro atoms. The highest BCUT2D eigenvalue weighted by Gasteiger charge is 2.20. The number of halogens is 1. The van der Waals surface area contributed by atoms with E-state index in [-0.39, 0.29) is 0 Å². The summed E-state index contributed by atoms with van der Waals surface area (Å²) in [6, 6.07) is 20.1. The Morgan fingerprint density at radius 1 is 0.969 bits per heavy atom. The average molecular weight is 445 g/mol. The van der Waals surface area contributed by atoms with Crippen LogP contribution in [-0.4, -0.2) is 35.6 Å². The standard InChI is InChI=1S/C28H29ClN2O/c1-21-15-17-31(18-16-21)22(2)20-32-28-13-4-23(5-14-28)3-11-27-12-8-25(19-30-27)24-6-9-26(29)10-7-24/h4-10,12-14,19,21-22H,15-18,20H2,1-2H3/t22-/m0/s1. The molecule has 0 saturated carbocycles. The van der Waals surface area contributed by atoms with E-state index in [0.29, 0.717) is 12.6 Å².